The van der Waals surface area contributed by atoms with Gasteiger partial charge >= 0.3 is 0 Å². The van der Waals surface area contributed by atoms with Crippen LogP contribution in [0.2, 0.25) is 0 Å². The minimum absolute atomic E-state index is 0.0319. The molecule has 1 aromatic rings. The molecule has 2 rings (SSSR count). The molecule has 0 radical (unpaired) electrons. The molecule has 12 heavy (non-hydrogen) atoms. The summed E-state index contributed by atoms with van der Waals surface area (Å²) in [5.74, 6) is 0.483. The van der Waals surface area contributed by atoms with Crippen molar-refractivity contribution in [1.82, 2.24) is 4.98 Å². The monoisotopic (exact) mass is 204 g/mol. The standard InChI is InChI=1S/C6H8N2O2S2/c7-12(9,10)6-8-5(3-11-6)4-1-2-4/h3-4H,1-2H2,(H2,7,9,10). The Bertz CT molecular complexity index is 391. The highest BCUT2D eigenvalue weighted by molar-refractivity contribution is 7.91. The zero-order valence-corrected chi connectivity index (χ0v) is 7.86. The average Bonchev–Trinajstić information content (AvgIpc) is 2.66. The number of hydrogen-bond acceptors (Lipinski definition) is 4. The van der Waals surface area contributed by atoms with Crippen LogP contribution in [0.15, 0.2) is 9.72 Å². The molecule has 1 fully saturated rings. The van der Waals surface area contributed by atoms with Crippen molar-refractivity contribution in [2.75, 3.05) is 0 Å². The molecule has 1 heterocycles. The van der Waals surface area contributed by atoms with Crippen LogP contribution in [0.3, 0.4) is 0 Å². The van der Waals surface area contributed by atoms with Crippen molar-refractivity contribution in [3.8, 4) is 0 Å². The van der Waals surface area contributed by atoms with Crippen molar-refractivity contribution in [3.05, 3.63) is 11.1 Å². The van der Waals surface area contributed by atoms with Gasteiger partial charge in [0.1, 0.15) is 0 Å². The van der Waals surface area contributed by atoms with Gasteiger partial charge in [0.2, 0.25) is 4.34 Å². The number of nitrogens with two attached hydrogens (primary N) is 1. The van der Waals surface area contributed by atoms with E-state index in [2.05, 4.69) is 4.98 Å². The molecular formula is C6H8N2O2S2. The Balaban J connectivity index is 2.35. The Morgan fingerprint density at radius 2 is 2.25 bits per heavy atom. The van der Waals surface area contributed by atoms with Crippen LogP contribution in [0.4, 0.5) is 0 Å². The number of thiazole rings is 1. The fourth-order valence-corrected chi connectivity index (χ4v) is 2.50. The first-order valence-electron chi connectivity index (χ1n) is 3.55. The highest BCUT2D eigenvalue weighted by Gasteiger charge is 2.27. The Kier molecular flexibility index (Phi) is 1.71. The first-order chi connectivity index (χ1) is 5.57. The molecule has 1 aromatic heterocycles. The molecule has 2 N–H and O–H groups in total. The molecule has 0 aromatic carbocycles. The second kappa shape index (κ2) is 2.51. The van der Waals surface area contributed by atoms with Crippen molar-refractivity contribution in [3.63, 3.8) is 0 Å². The lowest BCUT2D eigenvalue weighted by molar-refractivity contribution is 0.596. The van der Waals surface area contributed by atoms with Crippen LogP contribution in [0.5, 0.6) is 0 Å². The van der Waals surface area contributed by atoms with Crippen LogP contribution in [-0.4, -0.2) is 13.4 Å². The van der Waals surface area contributed by atoms with Gasteiger partial charge in [-0.25, -0.2) is 18.5 Å². The highest BCUT2D eigenvalue weighted by Crippen LogP contribution is 2.40. The number of rotatable bonds is 2. The molecule has 0 aliphatic heterocycles. The van der Waals surface area contributed by atoms with Crippen LogP contribution in [-0.2, 0) is 10.0 Å². The molecule has 0 unspecified atom stereocenters. The third kappa shape index (κ3) is 1.50. The van der Waals surface area contributed by atoms with Gasteiger partial charge < -0.3 is 0 Å². The summed E-state index contributed by atoms with van der Waals surface area (Å²) in [6.45, 7) is 0. The summed E-state index contributed by atoms with van der Waals surface area (Å²) in [7, 11) is -3.58. The summed E-state index contributed by atoms with van der Waals surface area (Å²) >= 11 is 1.10. The van der Waals surface area contributed by atoms with Gasteiger partial charge in [-0.05, 0) is 12.8 Å². The largest absolute Gasteiger partial charge is 0.265 e. The highest BCUT2D eigenvalue weighted by atomic mass is 32.2. The molecular weight excluding hydrogens is 196 g/mol. The first kappa shape index (κ1) is 8.15. The predicted molar refractivity (Wildman–Crippen MR) is 45.5 cm³/mol. The lowest BCUT2D eigenvalue weighted by Crippen LogP contribution is -2.11. The minimum atomic E-state index is -3.58. The Hall–Kier alpha value is -0.460. The van der Waals surface area contributed by atoms with Gasteiger partial charge in [0.25, 0.3) is 10.0 Å². The molecule has 0 spiro atoms. The molecule has 4 nitrogen and oxygen atoms in total. The van der Waals surface area contributed by atoms with Gasteiger partial charge in [-0.1, -0.05) is 0 Å². The summed E-state index contributed by atoms with van der Waals surface area (Å²) in [6, 6.07) is 0. The zero-order valence-electron chi connectivity index (χ0n) is 6.23. The summed E-state index contributed by atoms with van der Waals surface area (Å²) < 4.78 is 21.7. The van der Waals surface area contributed by atoms with Crippen molar-refractivity contribution in [2.24, 2.45) is 5.14 Å². The summed E-state index contributed by atoms with van der Waals surface area (Å²) in [5.41, 5.74) is 0.879. The van der Waals surface area contributed by atoms with Crippen molar-refractivity contribution < 1.29 is 8.42 Å². The normalized spacial score (nSPS) is 18.1. The number of hydrogen-bond donors (Lipinski definition) is 1. The van der Waals surface area contributed by atoms with E-state index in [1.165, 1.54) is 0 Å². The first-order valence-corrected chi connectivity index (χ1v) is 5.98. The summed E-state index contributed by atoms with van der Waals surface area (Å²) in [6.07, 6.45) is 2.24. The van der Waals surface area contributed by atoms with E-state index in [9.17, 15) is 8.42 Å². The van der Waals surface area contributed by atoms with Gasteiger partial charge in [0.15, 0.2) is 0 Å². The number of sulfonamides is 1. The van der Waals surface area contributed by atoms with E-state index in [4.69, 9.17) is 5.14 Å². The quantitative estimate of drug-likeness (QED) is 0.769. The van der Waals surface area contributed by atoms with Gasteiger partial charge in [0.05, 0.1) is 5.69 Å². The Morgan fingerprint density at radius 1 is 1.58 bits per heavy atom. The average molecular weight is 204 g/mol. The lowest BCUT2D eigenvalue weighted by atomic mass is 10.3. The summed E-state index contributed by atoms with van der Waals surface area (Å²) in [5, 5.41) is 6.69. The van der Waals surface area contributed by atoms with E-state index < -0.39 is 10.0 Å². The molecule has 1 saturated carbocycles. The maximum absolute atomic E-state index is 10.8. The number of nitrogens with zero attached hydrogens (tertiary/aromatic N) is 1. The van der Waals surface area contributed by atoms with Gasteiger partial charge in [0, 0.05) is 11.3 Å². The Labute approximate surface area is 74.5 Å². The third-order valence-corrected chi connectivity index (χ3v) is 3.96. The number of aromatic nitrogens is 1. The SMILES string of the molecule is NS(=O)(=O)c1nc(C2CC2)cs1. The van der Waals surface area contributed by atoms with Gasteiger partial charge in [-0.2, -0.15) is 0 Å². The zero-order chi connectivity index (χ0) is 8.77. The molecule has 0 saturated heterocycles. The van der Waals surface area contributed by atoms with Crippen LogP contribution in [0.25, 0.3) is 0 Å². The third-order valence-electron chi connectivity index (χ3n) is 1.74. The molecule has 0 amide bonds. The minimum Gasteiger partial charge on any atom is -0.229 e. The van der Waals surface area contributed by atoms with E-state index in [0.717, 1.165) is 29.9 Å². The second-order valence-electron chi connectivity index (χ2n) is 2.86. The van der Waals surface area contributed by atoms with Crippen LogP contribution < -0.4 is 5.14 Å². The second-order valence-corrected chi connectivity index (χ2v) is 5.45. The fraction of sp³-hybridized carbons (Fsp3) is 0.500. The smallest absolute Gasteiger partial charge is 0.229 e. The lowest BCUT2D eigenvalue weighted by Gasteiger charge is -1.88. The van der Waals surface area contributed by atoms with Crippen LogP contribution in [0, 0.1) is 0 Å². The molecule has 66 valence electrons. The van der Waals surface area contributed by atoms with E-state index >= 15 is 0 Å². The Morgan fingerprint density at radius 3 is 2.67 bits per heavy atom. The summed E-state index contributed by atoms with van der Waals surface area (Å²) in [4.78, 5) is 3.95. The molecule has 1 aliphatic carbocycles. The maximum Gasteiger partial charge on any atom is 0.265 e. The van der Waals surface area contributed by atoms with Crippen molar-refractivity contribution in [2.45, 2.75) is 23.1 Å². The van der Waals surface area contributed by atoms with E-state index in [1.807, 2.05) is 0 Å². The van der Waals surface area contributed by atoms with E-state index in [1.54, 1.807) is 5.38 Å². The van der Waals surface area contributed by atoms with Crippen LogP contribution in [0.1, 0.15) is 24.5 Å². The molecule has 1 aliphatic rings. The predicted octanol–water partition coefficient (Wildman–Crippen LogP) is 0.668. The van der Waals surface area contributed by atoms with Gasteiger partial charge in [-0.15, -0.1) is 11.3 Å². The molecule has 6 heteroatoms. The van der Waals surface area contributed by atoms with E-state index in [-0.39, 0.29) is 4.34 Å². The van der Waals surface area contributed by atoms with Crippen molar-refractivity contribution in [1.29, 1.82) is 0 Å². The van der Waals surface area contributed by atoms with Crippen molar-refractivity contribution >= 4 is 21.4 Å². The van der Waals surface area contributed by atoms with Gasteiger partial charge in [-0.3, -0.25) is 0 Å². The van der Waals surface area contributed by atoms with Crippen LogP contribution >= 0.6 is 11.3 Å². The maximum atomic E-state index is 10.8. The fourth-order valence-electron chi connectivity index (χ4n) is 0.966. The number of primary sulfonamides is 1. The topological polar surface area (TPSA) is 73.1 Å². The van der Waals surface area contributed by atoms with E-state index in [0.29, 0.717) is 5.92 Å². The molecule has 0 atom stereocenters. The molecule has 0 bridgehead atoms.